The molecule has 0 aliphatic heterocycles. The van der Waals surface area contributed by atoms with E-state index in [1.807, 2.05) is 0 Å². The minimum Gasteiger partial charge on any atom is -0.326 e. The van der Waals surface area contributed by atoms with Crippen molar-refractivity contribution in [1.82, 2.24) is 0 Å². The summed E-state index contributed by atoms with van der Waals surface area (Å²) in [5.74, 6) is 4.86. The first kappa shape index (κ1) is 17.2. The van der Waals surface area contributed by atoms with E-state index >= 15 is 0 Å². The molecule has 0 radical (unpaired) electrons. The number of halogens is 1. The number of nitrogens with one attached hydrogen (secondary N) is 1. The molecule has 4 heteroatoms. The minimum absolute atomic E-state index is 0.00336. The predicted octanol–water partition coefficient (Wildman–Crippen LogP) is 3.29. The lowest BCUT2D eigenvalue weighted by Crippen LogP contribution is -2.22. The molecule has 0 aliphatic carbocycles. The molecule has 1 aromatic rings. The fourth-order valence-electron chi connectivity index (χ4n) is 2.19. The van der Waals surface area contributed by atoms with Crippen LogP contribution >= 0.6 is 0 Å². The third-order valence-corrected chi connectivity index (χ3v) is 3.20. The normalized spacial score (nSPS) is 10.1. The number of carbonyl (C=O) groups is 1. The van der Waals surface area contributed by atoms with Crippen molar-refractivity contribution in [1.29, 1.82) is 0 Å². The molecule has 0 heterocycles. The first-order valence-electron chi connectivity index (χ1n) is 7.41. The van der Waals surface area contributed by atoms with Crippen molar-refractivity contribution in [3.8, 4) is 11.8 Å². The number of hydrogen-bond acceptors (Lipinski definition) is 2. The van der Waals surface area contributed by atoms with E-state index in [9.17, 15) is 9.18 Å². The van der Waals surface area contributed by atoms with Gasteiger partial charge in [-0.15, -0.1) is 0 Å². The summed E-state index contributed by atoms with van der Waals surface area (Å²) >= 11 is 0. The lowest BCUT2D eigenvalue weighted by Gasteiger charge is -2.15. The lowest BCUT2D eigenvalue weighted by molar-refractivity contribution is -0.120. The van der Waals surface area contributed by atoms with Gasteiger partial charge in [-0.3, -0.25) is 4.79 Å². The third kappa shape index (κ3) is 5.57. The van der Waals surface area contributed by atoms with E-state index in [2.05, 4.69) is 31.0 Å². The molecule has 114 valence electrons. The van der Waals surface area contributed by atoms with Gasteiger partial charge in [-0.05, 0) is 31.0 Å². The molecule has 3 N–H and O–H groups in total. The Hall–Kier alpha value is -1.86. The molecule has 0 aromatic heterocycles. The molecule has 0 saturated carbocycles. The van der Waals surface area contributed by atoms with Crippen LogP contribution in [0.2, 0.25) is 0 Å². The van der Waals surface area contributed by atoms with Gasteiger partial charge in [0.15, 0.2) is 0 Å². The van der Waals surface area contributed by atoms with Crippen LogP contribution in [0.15, 0.2) is 18.2 Å². The minimum atomic E-state index is -0.410. The SMILES string of the molecule is CCCC(CCC)C(=O)Nc1ccc(F)c(C#CCN)c1. The fraction of sp³-hybridized carbons (Fsp3) is 0.471. The molecule has 0 saturated heterocycles. The zero-order valence-electron chi connectivity index (χ0n) is 12.7. The Morgan fingerprint density at radius 1 is 1.33 bits per heavy atom. The maximum absolute atomic E-state index is 13.6. The van der Waals surface area contributed by atoms with E-state index in [4.69, 9.17) is 5.73 Å². The van der Waals surface area contributed by atoms with E-state index in [1.165, 1.54) is 6.07 Å². The number of carbonyl (C=O) groups excluding carboxylic acids is 1. The maximum atomic E-state index is 13.6. The molecule has 21 heavy (non-hydrogen) atoms. The predicted molar refractivity (Wildman–Crippen MR) is 84.3 cm³/mol. The van der Waals surface area contributed by atoms with E-state index in [-0.39, 0.29) is 23.9 Å². The van der Waals surface area contributed by atoms with Gasteiger partial charge in [0, 0.05) is 11.6 Å². The Labute approximate surface area is 126 Å². The van der Waals surface area contributed by atoms with Crippen LogP contribution in [-0.4, -0.2) is 12.5 Å². The van der Waals surface area contributed by atoms with Crippen LogP contribution in [0.3, 0.4) is 0 Å². The molecule has 1 amide bonds. The van der Waals surface area contributed by atoms with Gasteiger partial charge < -0.3 is 11.1 Å². The van der Waals surface area contributed by atoms with Gasteiger partial charge in [0.2, 0.25) is 5.91 Å². The monoisotopic (exact) mass is 290 g/mol. The van der Waals surface area contributed by atoms with Gasteiger partial charge in [-0.25, -0.2) is 4.39 Å². The van der Waals surface area contributed by atoms with Crippen LogP contribution in [0.5, 0.6) is 0 Å². The quantitative estimate of drug-likeness (QED) is 0.790. The largest absolute Gasteiger partial charge is 0.326 e. The smallest absolute Gasteiger partial charge is 0.227 e. The fourth-order valence-corrected chi connectivity index (χ4v) is 2.19. The van der Waals surface area contributed by atoms with Crippen LogP contribution in [-0.2, 0) is 4.79 Å². The second-order valence-electron chi connectivity index (χ2n) is 4.96. The number of benzene rings is 1. The molecular formula is C17H23FN2O. The Kier molecular flexibility index (Phi) is 7.49. The Bertz CT molecular complexity index is 525. The second-order valence-corrected chi connectivity index (χ2v) is 4.96. The van der Waals surface area contributed by atoms with Crippen molar-refractivity contribution in [2.45, 2.75) is 39.5 Å². The Morgan fingerprint density at radius 3 is 2.57 bits per heavy atom. The summed E-state index contributed by atoms with van der Waals surface area (Å²) in [5.41, 5.74) is 6.11. The van der Waals surface area contributed by atoms with E-state index in [0.29, 0.717) is 5.69 Å². The average molecular weight is 290 g/mol. The van der Waals surface area contributed by atoms with Crippen LogP contribution in [0.1, 0.15) is 45.1 Å². The Morgan fingerprint density at radius 2 is 2.00 bits per heavy atom. The van der Waals surface area contributed by atoms with Crippen molar-refractivity contribution in [2.24, 2.45) is 11.7 Å². The van der Waals surface area contributed by atoms with Crippen LogP contribution in [0, 0.1) is 23.6 Å². The molecule has 3 nitrogen and oxygen atoms in total. The Balaban J connectivity index is 2.84. The summed E-state index contributed by atoms with van der Waals surface area (Å²) in [6.45, 7) is 4.30. The molecule has 0 aliphatic rings. The molecule has 1 rings (SSSR count). The van der Waals surface area contributed by atoms with Gasteiger partial charge in [0.05, 0.1) is 12.1 Å². The highest BCUT2D eigenvalue weighted by molar-refractivity contribution is 5.92. The number of anilines is 1. The molecule has 0 spiro atoms. The lowest BCUT2D eigenvalue weighted by atomic mass is 9.97. The number of rotatable bonds is 6. The van der Waals surface area contributed by atoms with E-state index in [1.54, 1.807) is 12.1 Å². The zero-order chi connectivity index (χ0) is 15.7. The third-order valence-electron chi connectivity index (χ3n) is 3.20. The molecule has 0 bridgehead atoms. The van der Waals surface area contributed by atoms with Crippen molar-refractivity contribution in [2.75, 3.05) is 11.9 Å². The van der Waals surface area contributed by atoms with Crippen LogP contribution in [0.25, 0.3) is 0 Å². The summed E-state index contributed by atoms with van der Waals surface area (Å²) in [4.78, 5) is 12.2. The average Bonchev–Trinajstić information content (AvgIpc) is 2.47. The molecule has 0 unspecified atom stereocenters. The number of nitrogens with two attached hydrogens (primary N) is 1. The van der Waals surface area contributed by atoms with Gasteiger partial charge in [-0.1, -0.05) is 38.5 Å². The van der Waals surface area contributed by atoms with E-state index < -0.39 is 5.82 Å². The number of amides is 1. The number of hydrogen-bond donors (Lipinski definition) is 2. The highest BCUT2D eigenvalue weighted by atomic mass is 19.1. The molecule has 1 aromatic carbocycles. The summed E-state index contributed by atoms with van der Waals surface area (Å²) in [7, 11) is 0. The van der Waals surface area contributed by atoms with Gasteiger partial charge >= 0.3 is 0 Å². The summed E-state index contributed by atoms with van der Waals surface area (Å²) in [6, 6.07) is 4.41. The van der Waals surface area contributed by atoms with Crippen molar-refractivity contribution in [3.05, 3.63) is 29.6 Å². The van der Waals surface area contributed by atoms with E-state index in [0.717, 1.165) is 25.7 Å². The second kappa shape index (κ2) is 9.15. The summed E-state index contributed by atoms with van der Waals surface area (Å²) in [5, 5.41) is 2.85. The molecule has 0 fully saturated rings. The summed E-state index contributed by atoms with van der Waals surface area (Å²) < 4.78 is 13.6. The first-order chi connectivity index (χ1) is 10.1. The molecular weight excluding hydrogens is 267 g/mol. The standard InChI is InChI=1S/C17H23FN2O/c1-3-6-13(7-4-2)17(21)20-15-9-10-16(18)14(12-15)8-5-11-19/h9-10,12-13H,3-4,6-7,11,19H2,1-2H3,(H,20,21). The highest BCUT2D eigenvalue weighted by Crippen LogP contribution is 2.19. The van der Waals surface area contributed by atoms with Crippen molar-refractivity contribution in [3.63, 3.8) is 0 Å². The van der Waals surface area contributed by atoms with Crippen LogP contribution < -0.4 is 11.1 Å². The topological polar surface area (TPSA) is 55.1 Å². The molecule has 0 atom stereocenters. The maximum Gasteiger partial charge on any atom is 0.227 e. The van der Waals surface area contributed by atoms with Gasteiger partial charge in [0.1, 0.15) is 5.82 Å². The van der Waals surface area contributed by atoms with Gasteiger partial charge in [0.25, 0.3) is 0 Å². The zero-order valence-corrected chi connectivity index (χ0v) is 12.7. The van der Waals surface area contributed by atoms with Gasteiger partial charge in [-0.2, -0.15) is 0 Å². The first-order valence-corrected chi connectivity index (χ1v) is 7.41. The van der Waals surface area contributed by atoms with Crippen molar-refractivity contribution >= 4 is 11.6 Å². The highest BCUT2D eigenvalue weighted by Gasteiger charge is 2.16. The van der Waals surface area contributed by atoms with Crippen molar-refractivity contribution < 1.29 is 9.18 Å². The van der Waals surface area contributed by atoms with Crippen LogP contribution in [0.4, 0.5) is 10.1 Å². The summed E-state index contributed by atoms with van der Waals surface area (Å²) in [6.07, 6.45) is 3.66.